The predicted molar refractivity (Wildman–Crippen MR) is 138 cm³/mol. The van der Waals surface area contributed by atoms with Gasteiger partial charge in [-0.1, -0.05) is 6.92 Å². The Bertz CT molecular complexity index is 1010. The third-order valence-electron chi connectivity index (χ3n) is 8.96. The number of rotatable bonds is 8. The van der Waals surface area contributed by atoms with Crippen molar-refractivity contribution in [3.63, 3.8) is 0 Å². The number of nitrogens with zero attached hydrogens (tertiary/aromatic N) is 2. The molecule has 0 spiro atoms. The number of hydrogen-bond acceptors (Lipinski definition) is 8. The smallest absolute Gasteiger partial charge is 0.353 e. The number of carbonyl (C=O) groups is 4. The number of nitrogens with one attached hydrogen (secondary N) is 3. The van der Waals surface area contributed by atoms with Crippen molar-refractivity contribution in [2.45, 2.75) is 62.5 Å². The fourth-order valence-electron chi connectivity index (χ4n) is 7.08. The SMILES string of the molecule is CNCC(=O)N[C@H](C)[C@H]1C(=O)N2C(C(=O)O)=C(S[C@@H]3CNC(C(=O)N4C[C@H]5CC[C@@H](C4)C5N)C3)[C@H](C)[C@@H]12. The van der Waals surface area contributed by atoms with Gasteiger partial charge in [-0.25, -0.2) is 4.79 Å². The minimum absolute atomic E-state index is 0.0320. The van der Waals surface area contributed by atoms with Crippen molar-refractivity contribution >= 4 is 35.5 Å². The summed E-state index contributed by atoms with van der Waals surface area (Å²) in [6, 6.07) is -0.790. The van der Waals surface area contributed by atoms with E-state index in [1.165, 1.54) is 16.7 Å². The molecule has 0 aromatic heterocycles. The molecule has 4 fully saturated rings. The van der Waals surface area contributed by atoms with Crippen LogP contribution in [-0.4, -0.2) is 101 Å². The molecular formula is C25H38N6O5S. The van der Waals surface area contributed by atoms with Crippen molar-refractivity contribution in [3.8, 4) is 0 Å². The van der Waals surface area contributed by atoms with Crippen molar-refractivity contribution in [1.82, 2.24) is 25.8 Å². The summed E-state index contributed by atoms with van der Waals surface area (Å²) in [6.45, 7) is 5.94. The van der Waals surface area contributed by atoms with E-state index in [9.17, 15) is 24.3 Å². The van der Waals surface area contributed by atoms with Crippen LogP contribution in [0.15, 0.2) is 10.6 Å². The number of carbonyl (C=O) groups excluding carboxylic acids is 3. The molecule has 204 valence electrons. The van der Waals surface area contributed by atoms with Gasteiger partial charge in [-0.05, 0) is 45.1 Å². The zero-order valence-corrected chi connectivity index (χ0v) is 22.4. The first-order chi connectivity index (χ1) is 17.6. The molecule has 4 aliphatic heterocycles. The number of carboxylic acids is 1. The predicted octanol–water partition coefficient (Wildman–Crippen LogP) is -0.857. The van der Waals surface area contributed by atoms with Crippen LogP contribution in [0.2, 0.25) is 0 Å². The van der Waals surface area contributed by atoms with Gasteiger partial charge in [0.1, 0.15) is 5.70 Å². The van der Waals surface area contributed by atoms with Crippen LogP contribution < -0.4 is 21.7 Å². The molecule has 6 N–H and O–H groups in total. The van der Waals surface area contributed by atoms with Crippen molar-refractivity contribution in [2.24, 2.45) is 29.4 Å². The average molecular weight is 535 g/mol. The third kappa shape index (κ3) is 4.55. The van der Waals surface area contributed by atoms with Crippen LogP contribution in [-0.2, 0) is 19.2 Å². The Kier molecular flexibility index (Phi) is 7.29. The Morgan fingerprint density at radius 3 is 2.54 bits per heavy atom. The number of likely N-dealkylation sites (N-methyl/N-ethyl adjacent to an activating group) is 1. The van der Waals surface area contributed by atoms with E-state index in [-0.39, 0.29) is 59.3 Å². The summed E-state index contributed by atoms with van der Waals surface area (Å²) in [5.74, 6) is -1.34. The number of fused-ring (bicyclic) bond motifs is 3. The van der Waals surface area contributed by atoms with Gasteiger partial charge in [-0.3, -0.25) is 14.4 Å². The fraction of sp³-hybridized carbons (Fsp3) is 0.760. The molecule has 3 saturated heterocycles. The minimum atomic E-state index is -1.12. The molecule has 4 heterocycles. The van der Waals surface area contributed by atoms with E-state index in [1.54, 1.807) is 14.0 Å². The lowest BCUT2D eigenvalue weighted by atomic mass is 9.78. The largest absolute Gasteiger partial charge is 0.477 e. The van der Waals surface area contributed by atoms with Gasteiger partial charge in [0.05, 0.1) is 24.5 Å². The second kappa shape index (κ2) is 10.2. The first-order valence-corrected chi connectivity index (χ1v) is 14.2. The zero-order chi connectivity index (χ0) is 26.6. The molecule has 0 aromatic carbocycles. The second-order valence-electron chi connectivity index (χ2n) is 11.3. The lowest BCUT2D eigenvalue weighted by Gasteiger charge is -2.47. The van der Waals surface area contributed by atoms with E-state index in [4.69, 9.17) is 5.73 Å². The number of amides is 3. The Hall–Kier alpha value is -2.15. The molecule has 37 heavy (non-hydrogen) atoms. The standard InChI is InChI=1S/C25H38N6O5S/c1-11-20-18(12(2)29-17(32)8-27-3)24(34)31(20)21(25(35)36)22(11)37-15-6-16(28-7-15)23(33)30-9-13-4-5-14(10-30)19(13)26/h11-16,18-20,27-28H,4-10,26H2,1-3H3,(H,29,32)(H,35,36)/t11-,12-,13-,14+,15+,16?,18-,19?,20+/m1/s1. The number of piperidine rings is 1. The molecule has 3 amide bonds. The number of likely N-dealkylation sites (tertiary alicyclic amines) is 1. The highest BCUT2D eigenvalue weighted by atomic mass is 32.2. The Labute approximate surface area is 221 Å². The Balaban J connectivity index is 1.23. The number of β-lactam (4-membered cyclic amide) rings is 1. The molecule has 2 unspecified atom stereocenters. The van der Waals surface area contributed by atoms with Crippen LogP contribution >= 0.6 is 11.8 Å². The fourth-order valence-corrected chi connectivity index (χ4v) is 8.56. The van der Waals surface area contributed by atoms with Gasteiger partial charge in [0.2, 0.25) is 17.7 Å². The highest BCUT2D eigenvalue weighted by Crippen LogP contribution is 2.52. The molecule has 2 bridgehead atoms. The highest BCUT2D eigenvalue weighted by Gasteiger charge is 2.60. The third-order valence-corrected chi connectivity index (χ3v) is 10.5. The van der Waals surface area contributed by atoms with Gasteiger partial charge in [0.15, 0.2) is 0 Å². The van der Waals surface area contributed by atoms with Crippen LogP contribution in [0.25, 0.3) is 0 Å². The van der Waals surface area contributed by atoms with E-state index >= 15 is 0 Å². The van der Waals surface area contributed by atoms with Crippen LogP contribution in [0.4, 0.5) is 0 Å². The van der Waals surface area contributed by atoms with E-state index < -0.39 is 17.9 Å². The van der Waals surface area contributed by atoms with Gasteiger partial charge >= 0.3 is 5.97 Å². The molecule has 12 heteroatoms. The van der Waals surface area contributed by atoms with Crippen LogP contribution in [0.3, 0.4) is 0 Å². The molecular weight excluding hydrogens is 496 g/mol. The molecule has 1 aliphatic carbocycles. The summed E-state index contributed by atoms with van der Waals surface area (Å²) >= 11 is 1.48. The number of nitrogens with two attached hydrogens (primary N) is 1. The van der Waals surface area contributed by atoms with Crippen LogP contribution in [0.1, 0.15) is 33.1 Å². The lowest BCUT2D eigenvalue weighted by Crippen LogP contribution is -2.66. The maximum Gasteiger partial charge on any atom is 0.353 e. The van der Waals surface area contributed by atoms with Gasteiger partial charge in [0, 0.05) is 47.8 Å². The summed E-state index contributed by atoms with van der Waals surface area (Å²) in [6.07, 6.45) is 2.79. The molecule has 11 nitrogen and oxygen atoms in total. The molecule has 5 rings (SSSR count). The zero-order valence-electron chi connectivity index (χ0n) is 21.6. The Morgan fingerprint density at radius 1 is 1.24 bits per heavy atom. The molecule has 9 atom stereocenters. The van der Waals surface area contributed by atoms with Crippen molar-refractivity contribution in [1.29, 1.82) is 0 Å². The first-order valence-electron chi connectivity index (χ1n) is 13.3. The topological polar surface area (TPSA) is 157 Å². The van der Waals surface area contributed by atoms with Crippen molar-refractivity contribution in [2.75, 3.05) is 33.2 Å². The quantitative estimate of drug-likeness (QED) is 0.250. The minimum Gasteiger partial charge on any atom is -0.477 e. The van der Waals surface area contributed by atoms with E-state index in [1.807, 2.05) is 11.8 Å². The lowest BCUT2D eigenvalue weighted by molar-refractivity contribution is -0.158. The Morgan fingerprint density at radius 2 is 1.92 bits per heavy atom. The summed E-state index contributed by atoms with van der Waals surface area (Å²) in [4.78, 5) is 54.7. The van der Waals surface area contributed by atoms with Crippen molar-refractivity contribution in [3.05, 3.63) is 10.6 Å². The monoisotopic (exact) mass is 534 g/mol. The maximum atomic E-state index is 13.3. The number of thioether (sulfide) groups is 1. The van der Waals surface area contributed by atoms with Crippen LogP contribution in [0, 0.1) is 23.7 Å². The van der Waals surface area contributed by atoms with Gasteiger partial charge in [-0.15, -0.1) is 11.8 Å². The van der Waals surface area contributed by atoms with Crippen molar-refractivity contribution < 1.29 is 24.3 Å². The normalized spacial score (nSPS) is 37.5. The van der Waals surface area contributed by atoms with E-state index in [2.05, 4.69) is 16.0 Å². The first kappa shape index (κ1) is 26.5. The molecule has 0 aromatic rings. The van der Waals surface area contributed by atoms with E-state index in [0.29, 0.717) is 29.7 Å². The average Bonchev–Trinajstić information content (AvgIpc) is 3.44. The summed E-state index contributed by atoms with van der Waals surface area (Å²) in [7, 11) is 1.67. The number of aliphatic carboxylic acids is 1. The van der Waals surface area contributed by atoms with E-state index in [0.717, 1.165) is 25.9 Å². The van der Waals surface area contributed by atoms with Gasteiger partial charge < -0.3 is 36.6 Å². The summed E-state index contributed by atoms with van der Waals surface area (Å²) in [5.41, 5.74) is 6.36. The molecule has 1 saturated carbocycles. The second-order valence-corrected chi connectivity index (χ2v) is 12.6. The number of hydrogen-bond donors (Lipinski definition) is 5. The molecule has 0 radical (unpaired) electrons. The van der Waals surface area contributed by atoms with Crippen LogP contribution in [0.5, 0.6) is 0 Å². The maximum absolute atomic E-state index is 13.3. The van der Waals surface area contributed by atoms with Gasteiger partial charge in [-0.2, -0.15) is 0 Å². The highest BCUT2D eigenvalue weighted by molar-refractivity contribution is 8.03. The number of carboxylic acid groups (broad SMARTS) is 1. The molecule has 5 aliphatic rings. The summed E-state index contributed by atoms with van der Waals surface area (Å²) in [5, 5.41) is 19.1. The summed E-state index contributed by atoms with van der Waals surface area (Å²) < 4.78 is 0. The van der Waals surface area contributed by atoms with Gasteiger partial charge in [0.25, 0.3) is 0 Å².